The highest BCUT2D eigenvalue weighted by Gasteiger charge is 2.20. The molecular formula is C17H24N2O3. The van der Waals surface area contributed by atoms with E-state index in [1.165, 1.54) is 5.56 Å². The topological polar surface area (TPSA) is 50.8 Å². The number of carbonyl (C=O) groups is 1. The predicted molar refractivity (Wildman–Crippen MR) is 84.0 cm³/mol. The zero-order valence-electron chi connectivity index (χ0n) is 13.1. The quantitative estimate of drug-likeness (QED) is 0.912. The summed E-state index contributed by atoms with van der Waals surface area (Å²) in [6, 6.07) is 6.32. The van der Waals surface area contributed by atoms with Crippen molar-refractivity contribution >= 4 is 5.91 Å². The lowest BCUT2D eigenvalue weighted by atomic mass is 10.0. The van der Waals surface area contributed by atoms with Gasteiger partial charge in [-0.05, 0) is 30.5 Å². The first kappa shape index (κ1) is 15.5. The van der Waals surface area contributed by atoms with Crippen molar-refractivity contribution < 1.29 is 14.3 Å². The molecule has 1 aromatic carbocycles. The van der Waals surface area contributed by atoms with Crippen molar-refractivity contribution in [3.05, 3.63) is 34.9 Å². The van der Waals surface area contributed by atoms with Crippen LogP contribution in [0.5, 0.6) is 0 Å². The van der Waals surface area contributed by atoms with Crippen molar-refractivity contribution in [1.82, 2.24) is 10.2 Å². The molecule has 0 saturated carbocycles. The Kier molecular flexibility index (Phi) is 5.08. The van der Waals surface area contributed by atoms with Crippen LogP contribution in [0.2, 0.25) is 0 Å². The molecule has 3 rings (SSSR count). The normalized spacial score (nSPS) is 22.7. The third-order valence-corrected chi connectivity index (χ3v) is 4.32. The second kappa shape index (κ2) is 7.22. The number of nitrogens with one attached hydrogen (secondary N) is 1. The van der Waals surface area contributed by atoms with Crippen molar-refractivity contribution in [2.45, 2.75) is 25.9 Å². The Balaban J connectivity index is 1.67. The van der Waals surface area contributed by atoms with Gasteiger partial charge in [-0.25, -0.2) is 0 Å². The molecule has 0 unspecified atom stereocenters. The van der Waals surface area contributed by atoms with Crippen LogP contribution in [0.15, 0.2) is 18.2 Å². The minimum absolute atomic E-state index is 0.0110. The molecule has 2 fully saturated rings. The van der Waals surface area contributed by atoms with Crippen LogP contribution in [-0.4, -0.2) is 56.4 Å². The number of carbonyl (C=O) groups excluding carboxylic acids is 1. The van der Waals surface area contributed by atoms with Crippen LogP contribution in [0, 0.1) is 6.92 Å². The molecule has 5 heteroatoms. The zero-order chi connectivity index (χ0) is 15.4. The first-order valence-corrected chi connectivity index (χ1v) is 8.00. The standard InChI is InChI=1S/C17H24N2O3/c1-13-2-3-14(11-19-5-8-21-9-6-19)10-16(13)17(20)18-15-4-7-22-12-15/h2-3,10,15H,4-9,11-12H2,1H3,(H,18,20)/t15-/m0/s1. The Labute approximate surface area is 131 Å². The van der Waals surface area contributed by atoms with E-state index in [1.807, 2.05) is 19.1 Å². The third kappa shape index (κ3) is 3.85. The molecule has 2 heterocycles. The largest absolute Gasteiger partial charge is 0.379 e. The molecule has 2 saturated heterocycles. The highest BCUT2D eigenvalue weighted by atomic mass is 16.5. The SMILES string of the molecule is Cc1ccc(CN2CCOCC2)cc1C(=O)N[C@H]1CCOC1. The molecule has 1 atom stereocenters. The van der Waals surface area contributed by atoms with Gasteiger partial charge in [0.2, 0.25) is 0 Å². The number of amides is 1. The minimum atomic E-state index is 0.0110. The third-order valence-electron chi connectivity index (χ3n) is 4.32. The van der Waals surface area contributed by atoms with Crippen LogP contribution in [0.1, 0.15) is 27.9 Å². The second-order valence-corrected chi connectivity index (χ2v) is 6.07. The molecule has 0 bridgehead atoms. The number of hydrogen-bond donors (Lipinski definition) is 1. The molecule has 2 aliphatic rings. The van der Waals surface area contributed by atoms with E-state index >= 15 is 0 Å². The zero-order valence-corrected chi connectivity index (χ0v) is 13.1. The van der Waals surface area contributed by atoms with E-state index in [-0.39, 0.29) is 11.9 Å². The molecule has 120 valence electrons. The van der Waals surface area contributed by atoms with Crippen LogP contribution in [0.25, 0.3) is 0 Å². The van der Waals surface area contributed by atoms with Gasteiger partial charge in [0.05, 0.1) is 25.9 Å². The first-order chi connectivity index (χ1) is 10.7. The van der Waals surface area contributed by atoms with Gasteiger partial charge in [0, 0.05) is 31.8 Å². The van der Waals surface area contributed by atoms with Crippen LogP contribution < -0.4 is 5.32 Å². The van der Waals surface area contributed by atoms with Crippen LogP contribution in [0.4, 0.5) is 0 Å². The highest BCUT2D eigenvalue weighted by Crippen LogP contribution is 2.15. The number of nitrogens with zero attached hydrogens (tertiary/aromatic N) is 1. The maximum atomic E-state index is 12.5. The number of ether oxygens (including phenoxy) is 2. The predicted octanol–water partition coefficient (Wildman–Crippen LogP) is 1.35. The average Bonchev–Trinajstić information content (AvgIpc) is 3.03. The number of morpholine rings is 1. The van der Waals surface area contributed by atoms with E-state index in [4.69, 9.17) is 9.47 Å². The van der Waals surface area contributed by atoms with Crippen molar-refractivity contribution in [3.63, 3.8) is 0 Å². The fourth-order valence-corrected chi connectivity index (χ4v) is 2.94. The summed E-state index contributed by atoms with van der Waals surface area (Å²) in [7, 11) is 0. The molecule has 0 aliphatic carbocycles. The Hall–Kier alpha value is -1.43. The van der Waals surface area contributed by atoms with E-state index in [0.717, 1.165) is 57.0 Å². The minimum Gasteiger partial charge on any atom is -0.379 e. The molecule has 0 aromatic heterocycles. The second-order valence-electron chi connectivity index (χ2n) is 6.07. The lowest BCUT2D eigenvalue weighted by Crippen LogP contribution is -2.36. The van der Waals surface area contributed by atoms with E-state index in [2.05, 4.69) is 16.3 Å². The summed E-state index contributed by atoms with van der Waals surface area (Å²) < 4.78 is 10.7. The van der Waals surface area contributed by atoms with Crippen molar-refractivity contribution in [2.24, 2.45) is 0 Å². The number of benzene rings is 1. The van der Waals surface area contributed by atoms with Crippen LogP contribution in [0.3, 0.4) is 0 Å². The average molecular weight is 304 g/mol. The molecule has 2 aliphatic heterocycles. The van der Waals surface area contributed by atoms with Crippen molar-refractivity contribution in [1.29, 1.82) is 0 Å². The monoisotopic (exact) mass is 304 g/mol. The number of hydrogen-bond acceptors (Lipinski definition) is 4. The molecule has 1 aromatic rings. The summed E-state index contributed by atoms with van der Waals surface area (Å²) in [5, 5.41) is 3.07. The van der Waals surface area contributed by atoms with Gasteiger partial charge in [0.15, 0.2) is 0 Å². The molecule has 1 N–H and O–H groups in total. The smallest absolute Gasteiger partial charge is 0.251 e. The van der Waals surface area contributed by atoms with Gasteiger partial charge in [-0.1, -0.05) is 12.1 Å². The van der Waals surface area contributed by atoms with Crippen LogP contribution >= 0.6 is 0 Å². The van der Waals surface area contributed by atoms with Gasteiger partial charge in [-0.15, -0.1) is 0 Å². The lowest BCUT2D eigenvalue weighted by molar-refractivity contribution is 0.0342. The molecule has 22 heavy (non-hydrogen) atoms. The van der Waals surface area contributed by atoms with E-state index < -0.39 is 0 Å². The summed E-state index contributed by atoms with van der Waals surface area (Å²) in [5.74, 6) is 0.0110. The summed E-state index contributed by atoms with van der Waals surface area (Å²) in [6.45, 7) is 7.71. The fourth-order valence-electron chi connectivity index (χ4n) is 2.94. The van der Waals surface area contributed by atoms with Crippen molar-refractivity contribution in [2.75, 3.05) is 39.5 Å². The highest BCUT2D eigenvalue weighted by molar-refractivity contribution is 5.96. The molecular weight excluding hydrogens is 280 g/mol. The Morgan fingerprint density at radius 3 is 2.82 bits per heavy atom. The van der Waals surface area contributed by atoms with Gasteiger partial charge in [-0.3, -0.25) is 9.69 Å². The molecule has 0 spiro atoms. The summed E-state index contributed by atoms with van der Waals surface area (Å²) >= 11 is 0. The Morgan fingerprint density at radius 1 is 1.27 bits per heavy atom. The summed E-state index contributed by atoms with van der Waals surface area (Å²) in [5.41, 5.74) is 2.97. The number of rotatable bonds is 4. The van der Waals surface area contributed by atoms with Gasteiger partial charge in [0.25, 0.3) is 5.91 Å². The van der Waals surface area contributed by atoms with Gasteiger partial charge < -0.3 is 14.8 Å². The fraction of sp³-hybridized carbons (Fsp3) is 0.588. The van der Waals surface area contributed by atoms with Gasteiger partial charge in [0.1, 0.15) is 0 Å². The molecule has 0 radical (unpaired) electrons. The van der Waals surface area contributed by atoms with E-state index in [9.17, 15) is 4.79 Å². The van der Waals surface area contributed by atoms with Crippen LogP contribution in [-0.2, 0) is 16.0 Å². The molecule has 1 amide bonds. The maximum absolute atomic E-state index is 12.5. The Morgan fingerprint density at radius 2 is 2.09 bits per heavy atom. The van der Waals surface area contributed by atoms with Gasteiger partial charge >= 0.3 is 0 Å². The first-order valence-electron chi connectivity index (χ1n) is 8.00. The summed E-state index contributed by atoms with van der Waals surface area (Å²) in [6.07, 6.45) is 0.901. The Bertz CT molecular complexity index is 521. The van der Waals surface area contributed by atoms with E-state index in [0.29, 0.717) is 6.61 Å². The van der Waals surface area contributed by atoms with Crippen molar-refractivity contribution in [3.8, 4) is 0 Å². The number of aryl methyl sites for hydroxylation is 1. The van der Waals surface area contributed by atoms with Gasteiger partial charge in [-0.2, -0.15) is 0 Å². The van der Waals surface area contributed by atoms with E-state index in [1.54, 1.807) is 0 Å². The summed E-state index contributed by atoms with van der Waals surface area (Å²) in [4.78, 5) is 14.8. The molecule has 5 nitrogen and oxygen atoms in total. The maximum Gasteiger partial charge on any atom is 0.251 e. The lowest BCUT2D eigenvalue weighted by Gasteiger charge is -2.26.